The van der Waals surface area contributed by atoms with Gasteiger partial charge in [-0.1, -0.05) is 6.92 Å². The zero-order valence-electron chi connectivity index (χ0n) is 9.78. The predicted molar refractivity (Wildman–Crippen MR) is 61.3 cm³/mol. The summed E-state index contributed by atoms with van der Waals surface area (Å²) in [6.07, 6.45) is 2.63. The Morgan fingerprint density at radius 3 is 2.78 bits per heavy atom. The maximum atomic E-state index is 11.8. The van der Waals surface area contributed by atoms with E-state index in [0.717, 1.165) is 17.1 Å². The van der Waals surface area contributed by atoms with Crippen LogP contribution in [0.3, 0.4) is 0 Å². The molecule has 9 heteroatoms. The van der Waals surface area contributed by atoms with Crippen molar-refractivity contribution in [3.63, 3.8) is 0 Å². The van der Waals surface area contributed by atoms with E-state index in [1.165, 1.54) is 0 Å². The molecule has 0 aliphatic rings. The summed E-state index contributed by atoms with van der Waals surface area (Å²) < 4.78 is 27.0. The van der Waals surface area contributed by atoms with Gasteiger partial charge in [0.1, 0.15) is 11.4 Å². The van der Waals surface area contributed by atoms with Crippen LogP contribution in [-0.2, 0) is 21.4 Å². The fourth-order valence-electron chi connectivity index (χ4n) is 1.25. The second kappa shape index (κ2) is 5.94. The molecule has 0 aliphatic heterocycles. The van der Waals surface area contributed by atoms with Crippen molar-refractivity contribution in [3.05, 3.63) is 12.4 Å². The van der Waals surface area contributed by atoms with Gasteiger partial charge in [0.05, 0.1) is 12.8 Å². The molecular formula is C9H15N3O5S. The lowest BCUT2D eigenvalue weighted by molar-refractivity contribution is -0.137. The second-order valence-electron chi connectivity index (χ2n) is 3.68. The highest BCUT2D eigenvalue weighted by Gasteiger charge is 2.20. The number of aliphatic hydroxyl groups excluding tert-OH is 1. The SMILES string of the molecule is CC[C@@H](CO)NS(=O)(=O)c1cnn(CC(=O)O)c1. The molecule has 0 bridgehead atoms. The van der Waals surface area contributed by atoms with E-state index in [1.807, 2.05) is 0 Å². The zero-order chi connectivity index (χ0) is 13.8. The van der Waals surface area contributed by atoms with Crippen molar-refractivity contribution in [2.24, 2.45) is 0 Å². The maximum Gasteiger partial charge on any atom is 0.325 e. The van der Waals surface area contributed by atoms with Gasteiger partial charge in [0.25, 0.3) is 0 Å². The number of rotatable bonds is 7. The summed E-state index contributed by atoms with van der Waals surface area (Å²) >= 11 is 0. The number of nitrogens with one attached hydrogen (secondary N) is 1. The van der Waals surface area contributed by atoms with Crippen molar-refractivity contribution in [1.29, 1.82) is 0 Å². The van der Waals surface area contributed by atoms with Crippen LogP contribution in [0.25, 0.3) is 0 Å². The van der Waals surface area contributed by atoms with E-state index in [0.29, 0.717) is 6.42 Å². The van der Waals surface area contributed by atoms with Crippen LogP contribution < -0.4 is 4.72 Å². The molecule has 8 nitrogen and oxygen atoms in total. The van der Waals surface area contributed by atoms with Gasteiger partial charge < -0.3 is 10.2 Å². The van der Waals surface area contributed by atoms with E-state index in [2.05, 4.69) is 9.82 Å². The molecule has 0 amide bonds. The Bertz CT molecular complexity index is 506. The van der Waals surface area contributed by atoms with Gasteiger partial charge in [-0.15, -0.1) is 0 Å². The molecule has 0 fully saturated rings. The minimum atomic E-state index is -3.78. The number of nitrogens with zero attached hydrogens (tertiary/aromatic N) is 2. The summed E-state index contributed by atoms with van der Waals surface area (Å²) in [5, 5.41) is 21.1. The Kier molecular flexibility index (Phi) is 4.82. The third-order valence-electron chi connectivity index (χ3n) is 2.25. The molecule has 1 rings (SSSR count). The average molecular weight is 277 g/mol. The smallest absolute Gasteiger partial charge is 0.325 e. The average Bonchev–Trinajstić information content (AvgIpc) is 2.74. The summed E-state index contributed by atoms with van der Waals surface area (Å²) in [7, 11) is -3.78. The third-order valence-corrected chi connectivity index (χ3v) is 3.73. The molecule has 1 atom stereocenters. The fourth-order valence-corrected chi connectivity index (χ4v) is 2.51. The van der Waals surface area contributed by atoms with Gasteiger partial charge in [0.15, 0.2) is 0 Å². The summed E-state index contributed by atoms with van der Waals surface area (Å²) in [5.41, 5.74) is 0. The first-order valence-corrected chi connectivity index (χ1v) is 6.74. The number of carboxylic acid groups (broad SMARTS) is 1. The number of aliphatic carboxylic acids is 1. The van der Waals surface area contributed by atoms with E-state index < -0.39 is 28.6 Å². The molecule has 0 aromatic carbocycles. The first-order valence-electron chi connectivity index (χ1n) is 5.26. The van der Waals surface area contributed by atoms with E-state index in [-0.39, 0.29) is 11.5 Å². The molecule has 0 saturated carbocycles. The van der Waals surface area contributed by atoms with Crippen LogP contribution >= 0.6 is 0 Å². The molecular weight excluding hydrogens is 262 g/mol. The van der Waals surface area contributed by atoms with Gasteiger partial charge >= 0.3 is 5.97 Å². The Morgan fingerprint density at radius 1 is 1.61 bits per heavy atom. The van der Waals surface area contributed by atoms with Crippen LogP contribution in [-0.4, -0.2) is 47.0 Å². The van der Waals surface area contributed by atoms with E-state index in [1.54, 1.807) is 6.92 Å². The lowest BCUT2D eigenvalue weighted by atomic mass is 10.3. The number of hydrogen-bond donors (Lipinski definition) is 3. The zero-order valence-corrected chi connectivity index (χ0v) is 10.6. The normalized spacial score (nSPS) is 13.4. The minimum absolute atomic E-state index is 0.129. The van der Waals surface area contributed by atoms with Crippen molar-refractivity contribution in [2.75, 3.05) is 6.61 Å². The molecule has 102 valence electrons. The molecule has 0 radical (unpaired) electrons. The Morgan fingerprint density at radius 2 is 2.28 bits per heavy atom. The van der Waals surface area contributed by atoms with Gasteiger partial charge in [-0.3, -0.25) is 9.48 Å². The number of aliphatic hydroxyl groups is 1. The monoisotopic (exact) mass is 277 g/mol. The number of aromatic nitrogens is 2. The fraction of sp³-hybridized carbons (Fsp3) is 0.556. The highest BCUT2D eigenvalue weighted by Crippen LogP contribution is 2.08. The summed E-state index contributed by atoms with van der Waals surface area (Å²) in [6, 6.07) is -0.571. The number of carboxylic acids is 1. The van der Waals surface area contributed by atoms with E-state index in [4.69, 9.17) is 10.2 Å². The van der Waals surface area contributed by atoms with Crippen LogP contribution in [0.4, 0.5) is 0 Å². The van der Waals surface area contributed by atoms with E-state index >= 15 is 0 Å². The molecule has 0 spiro atoms. The molecule has 0 unspecified atom stereocenters. The highest BCUT2D eigenvalue weighted by molar-refractivity contribution is 7.89. The van der Waals surface area contributed by atoms with Crippen molar-refractivity contribution >= 4 is 16.0 Å². The maximum absolute atomic E-state index is 11.8. The van der Waals surface area contributed by atoms with Crippen molar-refractivity contribution in [1.82, 2.24) is 14.5 Å². The van der Waals surface area contributed by atoms with Gasteiger partial charge in [0, 0.05) is 12.2 Å². The largest absolute Gasteiger partial charge is 0.480 e. The third kappa shape index (κ3) is 3.79. The minimum Gasteiger partial charge on any atom is -0.480 e. The van der Waals surface area contributed by atoms with Crippen LogP contribution in [0.1, 0.15) is 13.3 Å². The first kappa shape index (κ1) is 14.6. The van der Waals surface area contributed by atoms with E-state index in [9.17, 15) is 13.2 Å². The Hall–Kier alpha value is -1.45. The quantitative estimate of drug-likeness (QED) is 0.588. The molecule has 1 aromatic rings. The van der Waals surface area contributed by atoms with Crippen molar-refractivity contribution in [2.45, 2.75) is 30.8 Å². The lowest BCUT2D eigenvalue weighted by Gasteiger charge is -2.12. The number of hydrogen-bond acceptors (Lipinski definition) is 5. The number of carbonyl (C=O) groups is 1. The van der Waals surface area contributed by atoms with Gasteiger partial charge in [-0.25, -0.2) is 13.1 Å². The van der Waals surface area contributed by atoms with Gasteiger partial charge in [0.2, 0.25) is 10.0 Å². The van der Waals surface area contributed by atoms with Crippen LogP contribution in [0.2, 0.25) is 0 Å². The second-order valence-corrected chi connectivity index (χ2v) is 5.39. The molecule has 3 N–H and O–H groups in total. The van der Waals surface area contributed by atoms with Crippen molar-refractivity contribution in [3.8, 4) is 0 Å². The molecule has 1 heterocycles. The van der Waals surface area contributed by atoms with Gasteiger partial charge in [-0.05, 0) is 6.42 Å². The van der Waals surface area contributed by atoms with Crippen molar-refractivity contribution < 1.29 is 23.4 Å². The summed E-state index contributed by atoms with van der Waals surface area (Å²) in [4.78, 5) is 10.3. The van der Waals surface area contributed by atoms with Crippen LogP contribution in [0.5, 0.6) is 0 Å². The lowest BCUT2D eigenvalue weighted by Crippen LogP contribution is -2.36. The summed E-state index contributed by atoms with van der Waals surface area (Å²) in [6.45, 7) is 1.02. The standard InChI is InChI=1S/C9H15N3O5S/c1-2-7(6-13)11-18(16,17)8-3-10-12(4-8)5-9(14)15/h3-4,7,11,13H,2,5-6H2,1H3,(H,14,15)/t7-/m0/s1. The molecule has 1 aromatic heterocycles. The highest BCUT2D eigenvalue weighted by atomic mass is 32.2. The first-order chi connectivity index (χ1) is 8.39. The molecule has 18 heavy (non-hydrogen) atoms. The number of sulfonamides is 1. The molecule has 0 aliphatic carbocycles. The topological polar surface area (TPSA) is 122 Å². The predicted octanol–water partition coefficient (Wildman–Crippen LogP) is -0.983. The molecule has 0 saturated heterocycles. The van der Waals surface area contributed by atoms with Crippen LogP contribution in [0.15, 0.2) is 17.3 Å². The van der Waals surface area contributed by atoms with Crippen LogP contribution in [0, 0.1) is 0 Å². The van der Waals surface area contributed by atoms with Gasteiger partial charge in [-0.2, -0.15) is 5.10 Å². The summed E-state index contributed by atoms with van der Waals surface area (Å²) in [5.74, 6) is -1.11. The Labute approximate surface area is 104 Å². The Balaban J connectivity index is 2.85.